The van der Waals surface area contributed by atoms with E-state index in [2.05, 4.69) is 0 Å². The van der Waals surface area contributed by atoms with Gasteiger partial charge in [0.25, 0.3) is 0 Å². The molecule has 0 saturated carbocycles. The number of ether oxygens (including phenoxy) is 1. The van der Waals surface area contributed by atoms with Gasteiger partial charge in [0, 0.05) is 0 Å². The third-order valence-corrected chi connectivity index (χ3v) is 2.77. The number of carboxylic acid groups (broad SMARTS) is 1. The van der Waals surface area contributed by atoms with Crippen molar-refractivity contribution in [3.05, 3.63) is 29.8 Å². The van der Waals surface area contributed by atoms with Crippen LogP contribution in [0.25, 0.3) is 0 Å². The van der Waals surface area contributed by atoms with Crippen LogP contribution in [0.2, 0.25) is 0 Å². The summed E-state index contributed by atoms with van der Waals surface area (Å²) in [5.41, 5.74) is 6.42. The van der Waals surface area contributed by atoms with Crippen molar-refractivity contribution in [2.75, 3.05) is 7.11 Å². The third-order valence-electron chi connectivity index (χ3n) is 2.77. The van der Waals surface area contributed by atoms with Crippen molar-refractivity contribution in [3.8, 4) is 5.75 Å². The van der Waals surface area contributed by atoms with Gasteiger partial charge in [-0.25, -0.2) is 0 Å². The number of nitrogens with two attached hydrogens (primary N) is 1. The van der Waals surface area contributed by atoms with Crippen LogP contribution in [0.15, 0.2) is 24.3 Å². The summed E-state index contributed by atoms with van der Waals surface area (Å²) in [7, 11) is 1.60. The van der Waals surface area contributed by atoms with Crippen LogP contribution in [0.4, 0.5) is 0 Å². The lowest BCUT2D eigenvalue weighted by Gasteiger charge is -2.13. The van der Waals surface area contributed by atoms with Gasteiger partial charge >= 0.3 is 5.97 Å². The van der Waals surface area contributed by atoms with E-state index >= 15 is 0 Å². The van der Waals surface area contributed by atoms with E-state index in [1.54, 1.807) is 7.11 Å². The summed E-state index contributed by atoms with van der Waals surface area (Å²) in [4.78, 5) is 10.5. The first-order valence-electron chi connectivity index (χ1n) is 5.82. The molecule has 0 amide bonds. The molecule has 0 aliphatic heterocycles. The molecule has 0 bridgehead atoms. The van der Waals surface area contributed by atoms with Gasteiger partial charge in [0.05, 0.1) is 13.2 Å². The maximum absolute atomic E-state index is 10.5. The zero-order valence-electron chi connectivity index (χ0n) is 10.4. The monoisotopic (exact) mass is 253 g/mol. The van der Waals surface area contributed by atoms with Crippen molar-refractivity contribution in [2.45, 2.75) is 31.4 Å². The molecule has 0 saturated heterocycles. The molecule has 0 aliphatic rings. The molecule has 2 unspecified atom stereocenters. The summed E-state index contributed by atoms with van der Waals surface area (Å²) in [6.07, 6.45) is 0.550. The van der Waals surface area contributed by atoms with Gasteiger partial charge in [0.2, 0.25) is 0 Å². The average molecular weight is 253 g/mol. The van der Waals surface area contributed by atoms with Crippen molar-refractivity contribution < 1.29 is 19.7 Å². The van der Waals surface area contributed by atoms with E-state index in [0.717, 1.165) is 11.3 Å². The number of carboxylic acids is 1. The molecule has 0 aromatic heterocycles. The van der Waals surface area contributed by atoms with Gasteiger partial charge in [0.15, 0.2) is 0 Å². The lowest BCUT2D eigenvalue weighted by molar-refractivity contribution is -0.139. The van der Waals surface area contributed by atoms with Crippen LogP contribution >= 0.6 is 0 Å². The number of hydrogen-bond donors (Lipinski definition) is 3. The predicted molar refractivity (Wildman–Crippen MR) is 67.6 cm³/mol. The van der Waals surface area contributed by atoms with Crippen LogP contribution in [0, 0.1) is 0 Å². The van der Waals surface area contributed by atoms with E-state index < -0.39 is 18.1 Å². The molecule has 0 heterocycles. The van der Waals surface area contributed by atoms with Crippen molar-refractivity contribution in [3.63, 3.8) is 0 Å². The summed E-state index contributed by atoms with van der Waals surface area (Å²) in [5.74, 6) is -0.300. The molecule has 0 spiro atoms. The average Bonchev–Trinajstić information content (AvgIpc) is 2.36. The summed E-state index contributed by atoms with van der Waals surface area (Å²) in [5, 5.41) is 18.3. The van der Waals surface area contributed by atoms with Crippen LogP contribution in [-0.2, 0) is 11.2 Å². The van der Waals surface area contributed by atoms with E-state index in [4.69, 9.17) is 15.6 Å². The zero-order chi connectivity index (χ0) is 13.5. The smallest absolute Gasteiger partial charge is 0.320 e. The Morgan fingerprint density at radius 1 is 1.39 bits per heavy atom. The summed E-state index contributed by atoms with van der Waals surface area (Å²) in [6, 6.07) is 6.54. The number of aryl methyl sites for hydroxylation is 1. The number of benzene rings is 1. The van der Waals surface area contributed by atoms with Gasteiger partial charge < -0.3 is 20.7 Å². The highest BCUT2D eigenvalue weighted by atomic mass is 16.5. The lowest BCUT2D eigenvalue weighted by Crippen LogP contribution is -2.34. The second-order valence-corrected chi connectivity index (χ2v) is 4.22. The van der Waals surface area contributed by atoms with Crippen molar-refractivity contribution >= 4 is 5.97 Å². The predicted octanol–water partition coefficient (Wildman–Crippen LogP) is 0.791. The van der Waals surface area contributed by atoms with Crippen molar-refractivity contribution in [1.29, 1.82) is 0 Å². The molecule has 4 N–H and O–H groups in total. The summed E-state index contributed by atoms with van der Waals surface area (Å²) in [6.45, 7) is 0. The maximum atomic E-state index is 10.5. The Morgan fingerprint density at radius 3 is 2.50 bits per heavy atom. The van der Waals surface area contributed by atoms with E-state index in [1.165, 1.54) is 0 Å². The summed E-state index contributed by atoms with van der Waals surface area (Å²) < 4.78 is 5.04. The number of aliphatic hydroxyl groups is 1. The maximum Gasteiger partial charge on any atom is 0.320 e. The first kappa shape index (κ1) is 14.5. The Balaban J connectivity index is 2.37. The fraction of sp³-hybridized carbons (Fsp3) is 0.462. The number of methoxy groups -OCH3 is 1. The highest BCUT2D eigenvalue weighted by Gasteiger charge is 2.16. The van der Waals surface area contributed by atoms with Gasteiger partial charge in [-0.1, -0.05) is 12.1 Å². The molecule has 1 rings (SSSR count). The molecule has 5 nitrogen and oxygen atoms in total. The van der Waals surface area contributed by atoms with Gasteiger partial charge in [-0.3, -0.25) is 4.79 Å². The Labute approximate surface area is 106 Å². The van der Waals surface area contributed by atoms with Gasteiger partial charge in [-0.2, -0.15) is 0 Å². The highest BCUT2D eigenvalue weighted by Crippen LogP contribution is 2.14. The fourth-order valence-electron chi connectivity index (χ4n) is 1.64. The standard InChI is InChI=1S/C13H19NO4/c1-18-11-6-3-9(4-7-11)2-5-10(15)8-12(14)13(16)17/h3-4,6-7,10,12,15H,2,5,8,14H2,1H3,(H,16,17). The minimum atomic E-state index is -1.08. The lowest BCUT2D eigenvalue weighted by atomic mass is 10.0. The molecule has 0 aliphatic carbocycles. The van der Waals surface area contributed by atoms with Gasteiger partial charge in [0.1, 0.15) is 11.8 Å². The van der Waals surface area contributed by atoms with E-state index in [0.29, 0.717) is 12.8 Å². The number of hydrogen-bond acceptors (Lipinski definition) is 4. The number of aliphatic carboxylic acids is 1. The fourth-order valence-corrected chi connectivity index (χ4v) is 1.64. The molecule has 18 heavy (non-hydrogen) atoms. The topological polar surface area (TPSA) is 92.8 Å². The van der Waals surface area contributed by atoms with Gasteiger partial charge in [-0.15, -0.1) is 0 Å². The second kappa shape index (κ2) is 6.98. The SMILES string of the molecule is COc1ccc(CCC(O)CC(N)C(=O)O)cc1. The Kier molecular flexibility index (Phi) is 5.61. The normalized spacial score (nSPS) is 13.9. The molecule has 0 radical (unpaired) electrons. The van der Waals surface area contributed by atoms with Crippen LogP contribution < -0.4 is 10.5 Å². The second-order valence-electron chi connectivity index (χ2n) is 4.22. The van der Waals surface area contributed by atoms with Crippen molar-refractivity contribution in [1.82, 2.24) is 0 Å². The molecular formula is C13H19NO4. The number of rotatable bonds is 7. The molecule has 1 aromatic carbocycles. The minimum absolute atomic E-state index is 0.0749. The molecular weight excluding hydrogens is 234 g/mol. The first-order chi connectivity index (χ1) is 8.52. The van der Waals surface area contributed by atoms with Crippen LogP contribution in [0.5, 0.6) is 5.75 Å². The third kappa shape index (κ3) is 4.73. The quantitative estimate of drug-likeness (QED) is 0.668. The van der Waals surface area contributed by atoms with Crippen LogP contribution in [0.3, 0.4) is 0 Å². The van der Waals surface area contributed by atoms with Crippen molar-refractivity contribution in [2.24, 2.45) is 5.73 Å². The molecule has 2 atom stereocenters. The van der Waals surface area contributed by atoms with E-state index in [9.17, 15) is 9.90 Å². The van der Waals surface area contributed by atoms with Crippen LogP contribution in [-0.4, -0.2) is 35.4 Å². The molecule has 1 aromatic rings. The highest BCUT2D eigenvalue weighted by molar-refractivity contribution is 5.73. The first-order valence-corrected chi connectivity index (χ1v) is 5.82. The Hall–Kier alpha value is -1.59. The Bertz CT molecular complexity index is 377. The number of carbonyl (C=O) groups is 1. The largest absolute Gasteiger partial charge is 0.497 e. The summed E-state index contributed by atoms with van der Waals surface area (Å²) >= 11 is 0. The number of aliphatic hydroxyl groups excluding tert-OH is 1. The van der Waals surface area contributed by atoms with Crippen LogP contribution in [0.1, 0.15) is 18.4 Å². The van der Waals surface area contributed by atoms with Gasteiger partial charge in [-0.05, 0) is 37.0 Å². The molecule has 100 valence electrons. The van der Waals surface area contributed by atoms with E-state index in [1.807, 2.05) is 24.3 Å². The minimum Gasteiger partial charge on any atom is -0.497 e. The van der Waals surface area contributed by atoms with E-state index in [-0.39, 0.29) is 6.42 Å². The molecule has 0 fully saturated rings. The Morgan fingerprint density at radius 2 is 2.00 bits per heavy atom. The molecule has 5 heteroatoms. The zero-order valence-corrected chi connectivity index (χ0v) is 10.4.